The Bertz CT molecular complexity index is 1760. The number of fused-ring (bicyclic) bond motifs is 1. The van der Waals surface area contributed by atoms with E-state index in [9.17, 15) is 9.59 Å². The summed E-state index contributed by atoms with van der Waals surface area (Å²) in [5, 5.41) is 1.56. The van der Waals surface area contributed by atoms with Crippen molar-refractivity contribution in [3.05, 3.63) is 87.7 Å². The number of carbonyl (C=O) groups is 2. The molecule has 2 aromatic heterocycles. The molecule has 4 atom stereocenters. The van der Waals surface area contributed by atoms with Gasteiger partial charge in [-0.1, -0.05) is 79.5 Å². The van der Waals surface area contributed by atoms with Crippen molar-refractivity contribution in [1.82, 2.24) is 14.5 Å². The number of hydrogen-bond donors (Lipinski definition) is 0. The van der Waals surface area contributed by atoms with Crippen LogP contribution in [0.15, 0.2) is 59.9 Å². The molecule has 48 heavy (non-hydrogen) atoms. The van der Waals surface area contributed by atoms with Crippen molar-refractivity contribution < 1.29 is 28.2 Å². The maximum Gasteiger partial charge on any atom is 0.338 e. The van der Waals surface area contributed by atoms with Crippen molar-refractivity contribution in [3.8, 4) is 0 Å². The number of aryl methyl sites for hydroxylation is 2. The molecule has 1 fully saturated rings. The van der Waals surface area contributed by atoms with Crippen LogP contribution < -0.4 is 0 Å². The van der Waals surface area contributed by atoms with Crippen molar-refractivity contribution in [2.45, 2.75) is 90.3 Å². The molecular weight excluding hydrogens is 666 g/mol. The Kier molecular flexibility index (Phi) is 11.4. The normalized spacial score (nSPS) is 18.8. The molecule has 0 amide bonds. The molecule has 9 nitrogen and oxygen atoms in total. The van der Waals surface area contributed by atoms with Crippen molar-refractivity contribution in [2.75, 3.05) is 12.9 Å². The van der Waals surface area contributed by atoms with Gasteiger partial charge < -0.3 is 23.2 Å². The zero-order valence-electron chi connectivity index (χ0n) is 28.7. The van der Waals surface area contributed by atoms with E-state index >= 15 is 0 Å². The van der Waals surface area contributed by atoms with Crippen LogP contribution in [0, 0.1) is 19.3 Å². The third-order valence-corrected chi connectivity index (χ3v) is 9.62. The lowest BCUT2D eigenvalue weighted by atomic mass is 9.87. The van der Waals surface area contributed by atoms with Gasteiger partial charge in [0.25, 0.3) is 0 Å². The van der Waals surface area contributed by atoms with Crippen LogP contribution in [-0.4, -0.2) is 60.6 Å². The van der Waals surface area contributed by atoms with Gasteiger partial charge in [-0.25, -0.2) is 19.6 Å². The van der Waals surface area contributed by atoms with E-state index < -0.39 is 39.4 Å². The summed E-state index contributed by atoms with van der Waals surface area (Å²) >= 11 is 8.27. The molecule has 1 aliphatic rings. The summed E-state index contributed by atoms with van der Waals surface area (Å²) < 4.78 is 26.9. The lowest BCUT2D eigenvalue weighted by molar-refractivity contribution is -0.0563. The monoisotopic (exact) mass is 708 g/mol. The zero-order valence-corrected chi connectivity index (χ0v) is 31.3. The minimum atomic E-state index is -1.09. The lowest BCUT2D eigenvalue weighted by Crippen LogP contribution is -2.32. The number of aromatic nitrogens is 3. The first-order chi connectivity index (χ1) is 22.7. The van der Waals surface area contributed by atoms with Crippen molar-refractivity contribution in [2.24, 2.45) is 5.41 Å². The van der Waals surface area contributed by atoms with E-state index in [-0.39, 0.29) is 18.1 Å². The van der Waals surface area contributed by atoms with Gasteiger partial charge in [-0.2, -0.15) is 0 Å². The smallest absolute Gasteiger partial charge is 0.338 e. The maximum absolute atomic E-state index is 13.3. The molecule has 12 heteroatoms. The van der Waals surface area contributed by atoms with Gasteiger partial charge >= 0.3 is 11.9 Å². The number of nitrogens with zero attached hydrogens (tertiary/aromatic N) is 3. The van der Waals surface area contributed by atoms with Crippen LogP contribution in [0.4, 0.5) is 0 Å². The highest BCUT2D eigenvalue weighted by Crippen LogP contribution is 2.42. The van der Waals surface area contributed by atoms with Crippen LogP contribution in [0.3, 0.4) is 0 Å². The van der Waals surface area contributed by atoms with Gasteiger partial charge in [0.15, 0.2) is 5.16 Å². The standard InChI is InChI=1S/C36H43ClN3O6SSi/c1-21-9-13-23(14-10-21)33(41)43-20-28-26(45-34(42)24-15-11-22(2)12-16-24)17-29(44-28)40-19-25(27(46-48(7)8)18-36(3,4)5)30-31(37)38-35(47-6)39-32(30)40/h9-16,19,26-29H,17-18,20H2,1-8H3/t26-,27?,28+,29?/m0/s1. The second-order valence-corrected chi connectivity index (χ2v) is 16.8. The molecule has 0 bridgehead atoms. The third-order valence-electron chi connectivity index (χ3n) is 8.04. The highest BCUT2D eigenvalue weighted by Gasteiger charge is 2.41. The van der Waals surface area contributed by atoms with E-state index in [0.29, 0.717) is 38.9 Å². The average Bonchev–Trinajstić information content (AvgIpc) is 3.60. The largest absolute Gasteiger partial charge is 0.459 e. The molecule has 0 spiro atoms. The highest BCUT2D eigenvalue weighted by atomic mass is 35.5. The van der Waals surface area contributed by atoms with Crippen molar-refractivity contribution in [3.63, 3.8) is 0 Å². The van der Waals surface area contributed by atoms with Gasteiger partial charge in [-0.3, -0.25) is 0 Å². The zero-order chi connectivity index (χ0) is 34.7. The van der Waals surface area contributed by atoms with Gasteiger partial charge in [0.2, 0.25) is 9.04 Å². The van der Waals surface area contributed by atoms with Crippen LogP contribution in [0.2, 0.25) is 18.2 Å². The molecule has 5 rings (SSSR count). The fourth-order valence-corrected chi connectivity index (χ4v) is 7.16. The Morgan fingerprint density at radius 3 is 2.19 bits per heavy atom. The van der Waals surface area contributed by atoms with Gasteiger partial charge in [0, 0.05) is 18.2 Å². The predicted octanol–water partition coefficient (Wildman–Crippen LogP) is 8.54. The fraction of sp³-hybridized carbons (Fsp3) is 0.444. The second-order valence-electron chi connectivity index (χ2n) is 13.6. The minimum absolute atomic E-state index is 0.0332. The van der Waals surface area contributed by atoms with Gasteiger partial charge in [0.05, 0.1) is 22.6 Å². The number of rotatable bonds is 11. The Balaban J connectivity index is 1.51. The van der Waals surface area contributed by atoms with Crippen molar-refractivity contribution >= 4 is 55.4 Å². The summed E-state index contributed by atoms with van der Waals surface area (Å²) in [7, 11) is -1.09. The van der Waals surface area contributed by atoms with Gasteiger partial charge in [-0.15, -0.1) is 0 Å². The minimum Gasteiger partial charge on any atom is -0.459 e. The number of halogens is 1. The Labute approximate surface area is 293 Å². The lowest BCUT2D eigenvalue weighted by Gasteiger charge is -2.27. The average molecular weight is 709 g/mol. The number of benzene rings is 2. The van der Waals surface area contributed by atoms with E-state index in [4.69, 9.17) is 35.2 Å². The predicted molar refractivity (Wildman–Crippen MR) is 190 cm³/mol. The molecule has 2 aromatic carbocycles. The molecule has 1 aliphatic heterocycles. The van der Waals surface area contributed by atoms with E-state index in [1.165, 1.54) is 11.8 Å². The highest BCUT2D eigenvalue weighted by molar-refractivity contribution is 7.98. The van der Waals surface area contributed by atoms with Crippen LogP contribution in [0.5, 0.6) is 0 Å². The summed E-state index contributed by atoms with van der Waals surface area (Å²) in [6, 6.07) is 14.3. The van der Waals surface area contributed by atoms with Crippen molar-refractivity contribution in [1.29, 1.82) is 0 Å². The SMILES string of the molecule is CSc1nc(Cl)c2c(C(CC(C)(C)C)O[Si](C)C)cn(C3C[C@H](OC(=O)c4ccc(C)cc4)[C@@H](COC(=O)c4ccc(C)cc4)O3)c2n1. The molecule has 2 unspecified atom stereocenters. The summed E-state index contributed by atoms with van der Waals surface area (Å²) in [5.41, 5.74) is 4.38. The summed E-state index contributed by atoms with van der Waals surface area (Å²) in [6.45, 7) is 14.6. The Morgan fingerprint density at radius 1 is 1.02 bits per heavy atom. The van der Waals surface area contributed by atoms with Crippen LogP contribution in [-0.2, 0) is 18.6 Å². The maximum atomic E-state index is 13.3. The van der Waals surface area contributed by atoms with E-state index in [0.717, 1.165) is 23.1 Å². The molecule has 1 saturated heterocycles. The first kappa shape index (κ1) is 36.1. The Morgan fingerprint density at radius 2 is 1.62 bits per heavy atom. The van der Waals surface area contributed by atoms with E-state index in [1.807, 2.05) is 55.1 Å². The second kappa shape index (κ2) is 15.1. The van der Waals surface area contributed by atoms with E-state index in [2.05, 4.69) is 38.8 Å². The molecule has 1 radical (unpaired) electrons. The number of ether oxygens (including phenoxy) is 3. The molecule has 0 N–H and O–H groups in total. The fourth-order valence-electron chi connectivity index (χ4n) is 5.70. The molecule has 3 heterocycles. The molecular formula is C36H43ClN3O6SSi. The van der Waals surface area contributed by atoms with Crippen LogP contribution >= 0.6 is 23.4 Å². The summed E-state index contributed by atoms with van der Waals surface area (Å²) in [4.78, 5) is 35.7. The number of hydrogen-bond acceptors (Lipinski definition) is 9. The first-order valence-electron chi connectivity index (χ1n) is 16.0. The topological polar surface area (TPSA) is 102 Å². The Hall–Kier alpha value is -3.22. The van der Waals surface area contributed by atoms with E-state index in [1.54, 1.807) is 24.3 Å². The van der Waals surface area contributed by atoms with Gasteiger partial charge in [0.1, 0.15) is 35.8 Å². The van der Waals surface area contributed by atoms with Crippen LogP contribution in [0.25, 0.3) is 11.0 Å². The first-order valence-corrected chi connectivity index (χ1v) is 20.0. The molecule has 0 saturated carbocycles. The molecule has 255 valence electrons. The number of thioether (sulfide) groups is 1. The number of carbonyl (C=O) groups excluding carboxylic acids is 2. The quantitative estimate of drug-likeness (QED) is 0.0499. The summed E-state index contributed by atoms with van der Waals surface area (Å²) in [6.07, 6.45) is 2.63. The molecule has 0 aliphatic carbocycles. The van der Waals surface area contributed by atoms with Gasteiger partial charge in [-0.05, 0) is 69.3 Å². The van der Waals surface area contributed by atoms with Crippen LogP contribution in [0.1, 0.15) is 83.4 Å². The number of esters is 2. The molecule has 4 aromatic rings. The summed E-state index contributed by atoms with van der Waals surface area (Å²) in [5.74, 6) is -0.964. The third kappa shape index (κ3) is 8.67.